The maximum atomic E-state index is 11.9. The lowest BCUT2D eigenvalue weighted by Crippen LogP contribution is -2.10. The molecule has 0 aliphatic carbocycles. The predicted molar refractivity (Wildman–Crippen MR) is 69.1 cm³/mol. The van der Waals surface area contributed by atoms with Crippen molar-refractivity contribution in [1.29, 1.82) is 0 Å². The zero-order valence-corrected chi connectivity index (χ0v) is 10.4. The van der Waals surface area contributed by atoms with E-state index in [4.69, 9.17) is 0 Å². The van der Waals surface area contributed by atoms with Gasteiger partial charge in [-0.3, -0.25) is 9.88 Å². The number of aromatic nitrogens is 2. The number of benzene rings is 1. The molecule has 2 aromatic rings. The van der Waals surface area contributed by atoms with Gasteiger partial charge in [-0.2, -0.15) is 5.10 Å². The fourth-order valence-corrected chi connectivity index (χ4v) is 1.47. The summed E-state index contributed by atoms with van der Waals surface area (Å²) in [6.07, 6.45) is 4.46. The van der Waals surface area contributed by atoms with E-state index in [1.165, 1.54) is 0 Å². The van der Waals surface area contributed by atoms with Crippen molar-refractivity contribution in [2.45, 2.75) is 6.92 Å². The van der Waals surface area contributed by atoms with E-state index in [1.807, 2.05) is 13.0 Å². The van der Waals surface area contributed by atoms with Crippen LogP contribution in [0.2, 0.25) is 0 Å². The van der Waals surface area contributed by atoms with Crippen LogP contribution in [0.15, 0.2) is 47.7 Å². The number of aliphatic imine (C=N–C) groups is 1. The van der Waals surface area contributed by atoms with Crippen LogP contribution in [0, 0.1) is 0 Å². The Kier molecular flexibility index (Phi) is 4.28. The van der Waals surface area contributed by atoms with E-state index < -0.39 is 5.97 Å². The van der Waals surface area contributed by atoms with Crippen LogP contribution in [0.1, 0.15) is 17.3 Å². The smallest absolute Gasteiger partial charge is 0.274 e. The van der Waals surface area contributed by atoms with Crippen molar-refractivity contribution in [2.75, 3.05) is 6.54 Å². The third-order valence-corrected chi connectivity index (χ3v) is 2.30. The van der Waals surface area contributed by atoms with Crippen molar-refractivity contribution in [3.8, 4) is 5.69 Å². The van der Waals surface area contributed by atoms with E-state index in [2.05, 4.69) is 19.9 Å². The Morgan fingerprint density at radius 3 is 3.00 bits per heavy atom. The second-order valence-corrected chi connectivity index (χ2v) is 3.54. The van der Waals surface area contributed by atoms with E-state index in [1.54, 1.807) is 41.3 Å². The standard InChI is InChI=1S/C13H13N3O3/c1-2-14-10-18-19-13(17)11-6-3-4-7-12(11)16-9-5-8-15-16/h3-10H,2H2,1H3. The van der Waals surface area contributed by atoms with Crippen LogP contribution in [-0.4, -0.2) is 28.7 Å². The Morgan fingerprint density at radius 2 is 2.26 bits per heavy atom. The van der Waals surface area contributed by atoms with Crippen LogP contribution in [-0.2, 0) is 9.78 Å². The zero-order valence-electron chi connectivity index (χ0n) is 10.4. The molecule has 0 saturated heterocycles. The molecule has 0 unspecified atom stereocenters. The molecule has 0 N–H and O–H groups in total. The van der Waals surface area contributed by atoms with E-state index in [-0.39, 0.29) is 0 Å². The predicted octanol–water partition coefficient (Wildman–Crippen LogP) is 2.01. The maximum absolute atomic E-state index is 11.9. The highest BCUT2D eigenvalue weighted by atomic mass is 17.2. The summed E-state index contributed by atoms with van der Waals surface area (Å²) in [5, 5.41) is 4.08. The first-order valence-electron chi connectivity index (χ1n) is 5.78. The maximum Gasteiger partial charge on any atom is 0.388 e. The third-order valence-electron chi connectivity index (χ3n) is 2.30. The monoisotopic (exact) mass is 259 g/mol. The largest absolute Gasteiger partial charge is 0.388 e. The van der Waals surface area contributed by atoms with Gasteiger partial charge in [-0.25, -0.2) is 14.4 Å². The van der Waals surface area contributed by atoms with Gasteiger partial charge in [-0.15, -0.1) is 0 Å². The van der Waals surface area contributed by atoms with E-state index >= 15 is 0 Å². The molecule has 0 radical (unpaired) electrons. The van der Waals surface area contributed by atoms with Gasteiger partial charge in [0, 0.05) is 18.9 Å². The van der Waals surface area contributed by atoms with Crippen molar-refractivity contribution in [1.82, 2.24) is 9.78 Å². The van der Waals surface area contributed by atoms with E-state index in [0.717, 1.165) is 6.40 Å². The van der Waals surface area contributed by atoms with Crippen molar-refractivity contribution in [3.63, 3.8) is 0 Å². The first kappa shape index (κ1) is 12.8. The molecule has 0 amide bonds. The highest BCUT2D eigenvalue weighted by molar-refractivity contribution is 5.93. The van der Waals surface area contributed by atoms with Crippen LogP contribution >= 0.6 is 0 Å². The summed E-state index contributed by atoms with van der Waals surface area (Å²) in [5.74, 6) is -0.603. The fraction of sp³-hybridized carbons (Fsp3) is 0.154. The van der Waals surface area contributed by atoms with Gasteiger partial charge >= 0.3 is 5.97 Å². The molecule has 1 heterocycles. The molecule has 0 spiro atoms. The number of rotatable bonds is 5. The summed E-state index contributed by atoms with van der Waals surface area (Å²) in [6.45, 7) is 2.40. The Hall–Kier alpha value is -2.63. The van der Waals surface area contributed by atoms with Crippen molar-refractivity contribution >= 4 is 12.4 Å². The number of carbonyl (C=O) groups excluding carboxylic acids is 1. The Balaban J connectivity index is 2.16. The number of carbonyl (C=O) groups is 1. The van der Waals surface area contributed by atoms with Gasteiger partial charge < -0.3 is 0 Å². The zero-order chi connectivity index (χ0) is 13.5. The van der Waals surface area contributed by atoms with Crippen LogP contribution in [0.4, 0.5) is 0 Å². The molecule has 98 valence electrons. The quantitative estimate of drug-likeness (QED) is 0.356. The molecule has 0 bridgehead atoms. The molecule has 1 aromatic carbocycles. The average molecular weight is 259 g/mol. The van der Waals surface area contributed by atoms with Gasteiger partial charge in [0.15, 0.2) is 0 Å². The fourth-order valence-electron chi connectivity index (χ4n) is 1.47. The summed E-state index contributed by atoms with van der Waals surface area (Å²) in [7, 11) is 0. The Morgan fingerprint density at radius 1 is 1.42 bits per heavy atom. The molecule has 6 heteroatoms. The lowest BCUT2D eigenvalue weighted by molar-refractivity contribution is -0.158. The average Bonchev–Trinajstić information content (AvgIpc) is 2.97. The summed E-state index contributed by atoms with van der Waals surface area (Å²) >= 11 is 0. The number of hydrogen-bond donors (Lipinski definition) is 0. The normalized spacial score (nSPS) is 10.6. The number of hydrogen-bond acceptors (Lipinski definition) is 5. The Bertz CT molecular complexity index is 564. The number of nitrogens with zero attached hydrogens (tertiary/aromatic N) is 3. The molecule has 6 nitrogen and oxygen atoms in total. The lowest BCUT2D eigenvalue weighted by atomic mass is 10.2. The van der Waals surface area contributed by atoms with Gasteiger partial charge in [-0.05, 0) is 25.1 Å². The van der Waals surface area contributed by atoms with Gasteiger partial charge in [0.05, 0.1) is 11.3 Å². The minimum absolute atomic E-state index is 0.357. The second-order valence-electron chi connectivity index (χ2n) is 3.54. The summed E-state index contributed by atoms with van der Waals surface area (Å²) in [4.78, 5) is 24.9. The summed E-state index contributed by atoms with van der Waals surface area (Å²) in [6, 6.07) is 8.73. The topological polar surface area (TPSA) is 65.7 Å². The van der Waals surface area contributed by atoms with Crippen LogP contribution in [0.5, 0.6) is 0 Å². The molecule has 0 aliphatic rings. The van der Waals surface area contributed by atoms with Crippen molar-refractivity contribution in [3.05, 3.63) is 48.3 Å². The molecule has 0 saturated carbocycles. The van der Waals surface area contributed by atoms with Crippen LogP contribution < -0.4 is 0 Å². The van der Waals surface area contributed by atoms with Gasteiger partial charge in [0.2, 0.25) is 6.40 Å². The van der Waals surface area contributed by atoms with Gasteiger partial charge in [0.25, 0.3) is 0 Å². The minimum atomic E-state index is -0.603. The molecule has 1 aromatic heterocycles. The molecule has 19 heavy (non-hydrogen) atoms. The molecular weight excluding hydrogens is 246 g/mol. The first-order valence-corrected chi connectivity index (χ1v) is 5.78. The summed E-state index contributed by atoms with van der Waals surface area (Å²) in [5.41, 5.74) is 0.977. The SMILES string of the molecule is CCN=COOC(=O)c1ccccc1-n1cccn1. The first-order chi connectivity index (χ1) is 9.33. The second kappa shape index (κ2) is 6.34. The minimum Gasteiger partial charge on any atom is -0.274 e. The summed E-state index contributed by atoms with van der Waals surface area (Å²) < 4.78 is 1.58. The molecule has 0 atom stereocenters. The van der Waals surface area contributed by atoms with Crippen molar-refractivity contribution in [2.24, 2.45) is 4.99 Å². The van der Waals surface area contributed by atoms with E-state index in [0.29, 0.717) is 17.8 Å². The highest BCUT2D eigenvalue weighted by Crippen LogP contribution is 2.14. The van der Waals surface area contributed by atoms with Gasteiger partial charge in [-0.1, -0.05) is 12.1 Å². The molecule has 0 aliphatic heterocycles. The van der Waals surface area contributed by atoms with Gasteiger partial charge in [0.1, 0.15) is 0 Å². The van der Waals surface area contributed by atoms with Crippen LogP contribution in [0.25, 0.3) is 5.69 Å². The lowest BCUT2D eigenvalue weighted by Gasteiger charge is -2.07. The molecule has 2 rings (SSSR count). The van der Waals surface area contributed by atoms with Crippen LogP contribution in [0.3, 0.4) is 0 Å². The van der Waals surface area contributed by atoms with Crippen molar-refractivity contribution < 1.29 is 14.6 Å². The van der Waals surface area contributed by atoms with E-state index in [9.17, 15) is 4.79 Å². The molecule has 0 fully saturated rings. The Labute approximate surface area is 110 Å². The number of para-hydroxylation sites is 1. The highest BCUT2D eigenvalue weighted by Gasteiger charge is 2.15. The molecular formula is C13H13N3O3. The third kappa shape index (κ3) is 3.19.